The first-order valence-corrected chi connectivity index (χ1v) is 12.8. The Balaban J connectivity index is 1.30. The first-order chi connectivity index (χ1) is 13.9. The van der Waals surface area contributed by atoms with Crippen molar-refractivity contribution in [3.63, 3.8) is 0 Å². The zero-order valence-electron chi connectivity index (χ0n) is 16.8. The number of anilines is 1. The van der Waals surface area contributed by atoms with Gasteiger partial charge in [-0.3, -0.25) is 4.72 Å². The molecule has 1 N–H and O–H groups in total. The summed E-state index contributed by atoms with van der Waals surface area (Å²) in [6, 6.07) is 3.94. The van der Waals surface area contributed by atoms with Crippen molar-refractivity contribution in [2.24, 2.45) is 23.2 Å². The Labute approximate surface area is 171 Å². The van der Waals surface area contributed by atoms with Crippen molar-refractivity contribution in [1.82, 2.24) is 5.16 Å². The average molecular weight is 417 g/mol. The summed E-state index contributed by atoms with van der Waals surface area (Å²) < 4.78 is 37.7. The van der Waals surface area contributed by atoms with Gasteiger partial charge in [-0.1, -0.05) is 5.16 Å². The third-order valence-electron chi connectivity index (χ3n) is 7.60. The molecule has 1 aromatic carbocycles. The highest BCUT2D eigenvalue weighted by Crippen LogP contribution is 2.60. The molecule has 5 aliphatic rings. The summed E-state index contributed by atoms with van der Waals surface area (Å²) in [6.45, 7) is 0.796. The fraction of sp³-hybridized carbons (Fsp3) is 0.682. The number of hydrogen-bond acceptors (Lipinski definition) is 5. The highest BCUT2D eigenvalue weighted by atomic mass is 32.2. The monoisotopic (exact) mass is 416 g/mol. The third-order valence-corrected chi connectivity index (χ3v) is 8.16. The Morgan fingerprint density at radius 3 is 2.38 bits per heavy atom. The molecule has 2 aromatic rings. The molecular formula is C22H28N2O4S. The van der Waals surface area contributed by atoms with Crippen LogP contribution in [0.25, 0.3) is 11.0 Å². The minimum atomic E-state index is -3.41. The molecular weight excluding hydrogens is 388 g/mol. The zero-order chi connectivity index (χ0) is 19.8. The molecule has 0 unspecified atom stereocenters. The summed E-state index contributed by atoms with van der Waals surface area (Å²) in [6.07, 6.45) is 11.7. The summed E-state index contributed by atoms with van der Waals surface area (Å²) in [5.41, 5.74) is 2.10. The molecule has 4 bridgehead atoms. The molecule has 29 heavy (non-hydrogen) atoms. The van der Waals surface area contributed by atoms with Crippen molar-refractivity contribution in [3.8, 4) is 5.75 Å². The number of ether oxygens (including phenoxy) is 1. The predicted octanol–water partition coefficient (Wildman–Crippen LogP) is 4.67. The molecule has 0 aliphatic heterocycles. The van der Waals surface area contributed by atoms with E-state index < -0.39 is 10.0 Å². The molecule has 7 rings (SSSR count). The average Bonchev–Trinajstić information content (AvgIpc) is 3.40. The van der Waals surface area contributed by atoms with Crippen molar-refractivity contribution in [3.05, 3.63) is 17.7 Å². The van der Waals surface area contributed by atoms with E-state index in [0.29, 0.717) is 22.3 Å². The van der Waals surface area contributed by atoms with Crippen LogP contribution in [0.5, 0.6) is 5.75 Å². The van der Waals surface area contributed by atoms with E-state index >= 15 is 0 Å². The highest BCUT2D eigenvalue weighted by molar-refractivity contribution is 7.92. The van der Waals surface area contributed by atoms with Crippen molar-refractivity contribution >= 4 is 26.8 Å². The van der Waals surface area contributed by atoms with Gasteiger partial charge in [-0.15, -0.1) is 0 Å². The van der Waals surface area contributed by atoms with Crippen LogP contribution in [0.2, 0.25) is 0 Å². The number of aromatic nitrogens is 1. The second kappa shape index (κ2) is 6.13. The van der Waals surface area contributed by atoms with Gasteiger partial charge in [0.05, 0.1) is 18.2 Å². The van der Waals surface area contributed by atoms with Crippen LogP contribution >= 0.6 is 0 Å². The van der Waals surface area contributed by atoms with Gasteiger partial charge in [0, 0.05) is 11.5 Å². The Morgan fingerprint density at radius 2 is 1.79 bits per heavy atom. The molecule has 0 atom stereocenters. The molecule has 0 radical (unpaired) electrons. The summed E-state index contributed by atoms with van der Waals surface area (Å²) in [7, 11) is -3.41. The molecule has 0 saturated heterocycles. The van der Waals surface area contributed by atoms with E-state index in [9.17, 15) is 8.42 Å². The molecule has 1 aromatic heterocycles. The molecule has 1 heterocycles. The SMILES string of the molecule is CS(=O)(=O)Nc1noc2cc(OCC34CC5CC(CC(C5)C3)C4)c(C3CC3)cc12. The van der Waals surface area contributed by atoms with Crippen LogP contribution < -0.4 is 9.46 Å². The number of nitrogens with zero attached hydrogens (tertiary/aromatic N) is 1. The van der Waals surface area contributed by atoms with E-state index in [-0.39, 0.29) is 5.82 Å². The maximum absolute atomic E-state index is 11.6. The van der Waals surface area contributed by atoms with Crippen molar-refractivity contribution in [2.75, 3.05) is 17.6 Å². The number of hydrogen-bond donors (Lipinski definition) is 1. The molecule has 7 heteroatoms. The first-order valence-electron chi connectivity index (χ1n) is 10.9. The summed E-state index contributed by atoms with van der Waals surface area (Å²) in [5, 5.41) is 4.64. The predicted molar refractivity (Wildman–Crippen MR) is 111 cm³/mol. The van der Waals surface area contributed by atoms with Crippen molar-refractivity contribution < 1.29 is 17.7 Å². The lowest BCUT2D eigenvalue weighted by Crippen LogP contribution is -2.48. The van der Waals surface area contributed by atoms with Crippen LogP contribution in [0.3, 0.4) is 0 Å². The van der Waals surface area contributed by atoms with Gasteiger partial charge in [0.2, 0.25) is 10.0 Å². The van der Waals surface area contributed by atoms with Gasteiger partial charge in [-0.05, 0) is 86.7 Å². The Kier molecular flexibility index (Phi) is 3.81. The zero-order valence-corrected chi connectivity index (χ0v) is 17.6. The summed E-state index contributed by atoms with van der Waals surface area (Å²) in [5.74, 6) is 4.39. The number of nitrogens with one attached hydrogen (secondary N) is 1. The molecule has 156 valence electrons. The lowest BCUT2D eigenvalue weighted by molar-refractivity contribution is -0.0746. The van der Waals surface area contributed by atoms with Crippen molar-refractivity contribution in [2.45, 2.75) is 57.3 Å². The summed E-state index contributed by atoms with van der Waals surface area (Å²) >= 11 is 0. The van der Waals surface area contributed by atoms with Gasteiger partial charge < -0.3 is 9.26 Å². The maximum atomic E-state index is 11.6. The largest absolute Gasteiger partial charge is 0.493 e. The Morgan fingerprint density at radius 1 is 1.14 bits per heavy atom. The third kappa shape index (κ3) is 3.31. The number of benzene rings is 1. The number of sulfonamides is 1. The smallest absolute Gasteiger partial charge is 0.231 e. The van der Waals surface area contributed by atoms with E-state index in [1.807, 2.05) is 12.1 Å². The Bertz CT molecular complexity index is 1030. The lowest BCUT2D eigenvalue weighted by atomic mass is 9.50. The molecule has 6 nitrogen and oxygen atoms in total. The van der Waals surface area contributed by atoms with Crippen molar-refractivity contribution in [1.29, 1.82) is 0 Å². The van der Waals surface area contributed by atoms with Crippen LogP contribution in [-0.2, 0) is 10.0 Å². The maximum Gasteiger partial charge on any atom is 0.231 e. The van der Waals surface area contributed by atoms with Crippen LogP contribution in [0, 0.1) is 23.2 Å². The molecule has 5 saturated carbocycles. The van der Waals surface area contributed by atoms with E-state index in [4.69, 9.17) is 9.26 Å². The molecule has 5 fully saturated rings. The van der Waals surface area contributed by atoms with Crippen LogP contribution in [0.15, 0.2) is 16.7 Å². The number of fused-ring (bicyclic) bond motifs is 1. The Hall–Kier alpha value is -1.76. The molecule has 0 amide bonds. The van der Waals surface area contributed by atoms with E-state index in [1.165, 1.54) is 44.1 Å². The second-order valence-corrected chi connectivity index (χ2v) is 12.0. The van der Waals surface area contributed by atoms with E-state index in [2.05, 4.69) is 9.88 Å². The summed E-state index contributed by atoms with van der Waals surface area (Å²) in [4.78, 5) is 0. The van der Waals surface area contributed by atoms with Gasteiger partial charge in [-0.2, -0.15) is 0 Å². The lowest BCUT2D eigenvalue weighted by Gasteiger charge is -2.56. The van der Waals surface area contributed by atoms with Gasteiger partial charge >= 0.3 is 0 Å². The van der Waals surface area contributed by atoms with Gasteiger partial charge in [0.15, 0.2) is 11.4 Å². The highest BCUT2D eigenvalue weighted by Gasteiger charge is 2.51. The van der Waals surface area contributed by atoms with Gasteiger partial charge in [0.25, 0.3) is 0 Å². The van der Waals surface area contributed by atoms with Crippen LogP contribution in [0.4, 0.5) is 5.82 Å². The number of rotatable bonds is 6. The van der Waals surface area contributed by atoms with Gasteiger partial charge in [-0.25, -0.2) is 8.42 Å². The van der Waals surface area contributed by atoms with Crippen LogP contribution in [0.1, 0.15) is 62.8 Å². The normalized spacial score (nSPS) is 33.3. The second-order valence-electron chi connectivity index (χ2n) is 10.3. The molecule has 0 spiro atoms. The van der Waals surface area contributed by atoms with Crippen LogP contribution in [-0.4, -0.2) is 26.4 Å². The minimum absolute atomic E-state index is 0.261. The standard InChI is InChI=1S/C22H28N2O4S/c1-29(25,26)24-21-18-7-17(16-2-3-16)19(8-20(18)28-23-21)27-12-22-9-13-4-14(10-22)6-15(5-13)11-22/h7-8,13-16H,2-6,9-12H2,1H3,(H,23,24). The van der Waals surface area contributed by atoms with Gasteiger partial charge in [0.1, 0.15) is 5.75 Å². The quantitative estimate of drug-likeness (QED) is 0.740. The first kappa shape index (κ1) is 18.0. The fourth-order valence-corrected chi connectivity index (χ4v) is 7.27. The minimum Gasteiger partial charge on any atom is -0.493 e. The topological polar surface area (TPSA) is 81.4 Å². The fourth-order valence-electron chi connectivity index (χ4n) is 6.77. The molecule has 5 aliphatic carbocycles. The van der Waals surface area contributed by atoms with E-state index in [1.54, 1.807) is 0 Å². The van der Waals surface area contributed by atoms with E-state index in [0.717, 1.165) is 49.2 Å².